The van der Waals surface area contributed by atoms with Crippen LogP contribution in [0.4, 0.5) is 16.5 Å². The van der Waals surface area contributed by atoms with E-state index in [1.807, 2.05) is 10.3 Å². The smallest absolute Gasteiger partial charge is 0.293 e. The number of benzene rings is 1. The molecule has 1 amide bonds. The number of anilines is 2. The van der Waals surface area contributed by atoms with Gasteiger partial charge < -0.3 is 9.64 Å². The Kier molecular flexibility index (Phi) is 7.26. The van der Waals surface area contributed by atoms with Gasteiger partial charge in [-0.1, -0.05) is 6.92 Å². The molecule has 1 aromatic carbocycles. The molecule has 2 aliphatic rings. The molecule has 33 heavy (non-hydrogen) atoms. The van der Waals surface area contributed by atoms with Gasteiger partial charge in [0.15, 0.2) is 5.13 Å². The molecule has 4 rings (SSSR count). The zero-order chi connectivity index (χ0) is 23.5. The number of piperidine rings is 1. The van der Waals surface area contributed by atoms with Gasteiger partial charge in [-0.15, -0.1) is 11.3 Å². The summed E-state index contributed by atoms with van der Waals surface area (Å²) in [5, 5.41) is 16.9. The van der Waals surface area contributed by atoms with E-state index in [-0.39, 0.29) is 23.5 Å². The van der Waals surface area contributed by atoms with Crippen LogP contribution >= 0.6 is 11.3 Å². The number of hydrogen-bond donors (Lipinski definition) is 1. The molecule has 0 spiro atoms. The maximum Gasteiger partial charge on any atom is 0.293 e. The van der Waals surface area contributed by atoms with Crippen LogP contribution in [0.15, 0.2) is 23.6 Å². The molecule has 1 N–H and O–H groups in total. The van der Waals surface area contributed by atoms with Crippen LogP contribution in [0.1, 0.15) is 49.7 Å². The Hall–Kier alpha value is -2.56. The lowest BCUT2D eigenvalue weighted by atomic mass is 9.98. The number of nitrogens with zero attached hydrogens (tertiary/aromatic N) is 4. The van der Waals surface area contributed by atoms with Gasteiger partial charge in [-0.3, -0.25) is 25.1 Å². The summed E-state index contributed by atoms with van der Waals surface area (Å²) in [7, 11) is 0. The highest BCUT2D eigenvalue weighted by Gasteiger charge is 2.26. The third-order valence-corrected chi connectivity index (χ3v) is 7.02. The first kappa shape index (κ1) is 23.6. The molecule has 0 radical (unpaired) electrons. The van der Waals surface area contributed by atoms with E-state index in [2.05, 4.69) is 36.0 Å². The average Bonchev–Trinajstić information content (AvgIpc) is 3.19. The lowest BCUT2D eigenvalue weighted by Crippen LogP contribution is -2.44. The van der Waals surface area contributed by atoms with Crippen LogP contribution in [0, 0.1) is 16.0 Å². The number of hydrogen-bond acceptors (Lipinski definition) is 8. The molecule has 0 saturated carbocycles. The minimum Gasteiger partial charge on any atom is -0.373 e. The van der Waals surface area contributed by atoms with Crippen molar-refractivity contribution >= 4 is 33.8 Å². The summed E-state index contributed by atoms with van der Waals surface area (Å²) in [4.78, 5) is 33.0. The number of rotatable bonds is 6. The molecule has 10 heteroatoms. The number of nitrogens with one attached hydrogen (secondary N) is 1. The maximum atomic E-state index is 12.8. The van der Waals surface area contributed by atoms with Gasteiger partial charge in [0.05, 0.1) is 22.8 Å². The second kappa shape index (κ2) is 10.1. The molecule has 3 heterocycles. The van der Waals surface area contributed by atoms with Crippen LogP contribution < -0.4 is 10.2 Å². The van der Waals surface area contributed by atoms with Gasteiger partial charge in [0.1, 0.15) is 5.69 Å². The molecule has 0 aliphatic carbocycles. The molecule has 2 atom stereocenters. The summed E-state index contributed by atoms with van der Waals surface area (Å²) < 4.78 is 5.77. The maximum absolute atomic E-state index is 12.8. The van der Waals surface area contributed by atoms with Crippen molar-refractivity contribution in [2.45, 2.75) is 52.4 Å². The van der Waals surface area contributed by atoms with Crippen LogP contribution in [0.2, 0.25) is 0 Å². The Morgan fingerprint density at radius 2 is 1.94 bits per heavy atom. The first-order valence-corrected chi connectivity index (χ1v) is 12.3. The molecule has 1 aromatic heterocycles. The number of nitro groups is 1. The van der Waals surface area contributed by atoms with Crippen LogP contribution in [0.3, 0.4) is 0 Å². The summed E-state index contributed by atoms with van der Waals surface area (Å²) in [6, 6.07) is 4.71. The van der Waals surface area contributed by atoms with E-state index in [1.54, 1.807) is 12.1 Å². The van der Waals surface area contributed by atoms with Gasteiger partial charge in [-0.05, 0) is 44.7 Å². The zero-order valence-corrected chi connectivity index (χ0v) is 20.1. The van der Waals surface area contributed by atoms with Crippen molar-refractivity contribution in [3.8, 4) is 0 Å². The number of nitro benzene ring substituents is 1. The van der Waals surface area contributed by atoms with Crippen LogP contribution in [-0.4, -0.2) is 59.1 Å². The summed E-state index contributed by atoms with van der Waals surface area (Å²) >= 11 is 1.36. The van der Waals surface area contributed by atoms with Crippen molar-refractivity contribution in [3.63, 3.8) is 0 Å². The molecule has 2 aliphatic heterocycles. The van der Waals surface area contributed by atoms with E-state index in [0.29, 0.717) is 23.3 Å². The molecular formula is C23H31N5O4S. The van der Waals surface area contributed by atoms with E-state index in [1.165, 1.54) is 17.4 Å². The largest absolute Gasteiger partial charge is 0.373 e. The van der Waals surface area contributed by atoms with Gasteiger partial charge in [-0.2, -0.15) is 0 Å². The molecule has 9 nitrogen and oxygen atoms in total. The molecule has 178 valence electrons. The monoisotopic (exact) mass is 473 g/mol. The van der Waals surface area contributed by atoms with E-state index in [0.717, 1.165) is 44.7 Å². The third kappa shape index (κ3) is 5.87. The second-order valence-electron chi connectivity index (χ2n) is 9.18. The fraction of sp³-hybridized carbons (Fsp3) is 0.565. The minimum atomic E-state index is -0.407. The van der Waals surface area contributed by atoms with Gasteiger partial charge >= 0.3 is 0 Å². The fourth-order valence-electron chi connectivity index (χ4n) is 4.58. The Balaban J connectivity index is 1.42. The topological polar surface area (TPSA) is 101 Å². The summed E-state index contributed by atoms with van der Waals surface area (Å²) in [6.07, 6.45) is 2.37. The van der Waals surface area contributed by atoms with Gasteiger partial charge in [0, 0.05) is 49.7 Å². The quantitative estimate of drug-likeness (QED) is 0.497. The third-order valence-electron chi connectivity index (χ3n) is 6.21. The summed E-state index contributed by atoms with van der Waals surface area (Å²) in [5.74, 6) is 0.232. The standard InChI is InChI=1S/C23H31N5O4S/c1-15-6-8-27(9-7-15)20-5-4-18(10-21(20)28(30)31)22(29)25-23-24-19(14-33-23)13-26-11-16(2)32-17(3)12-26/h4-5,10,14-17H,6-9,11-13H2,1-3H3,(H,24,25,29)/t16-,17+. The van der Waals surface area contributed by atoms with Gasteiger partial charge in [0.2, 0.25) is 0 Å². The predicted molar refractivity (Wildman–Crippen MR) is 129 cm³/mol. The van der Waals surface area contributed by atoms with Crippen molar-refractivity contribution in [1.29, 1.82) is 0 Å². The van der Waals surface area contributed by atoms with E-state index < -0.39 is 10.8 Å². The molecule has 2 aromatic rings. The highest BCUT2D eigenvalue weighted by atomic mass is 32.1. The Morgan fingerprint density at radius 3 is 2.61 bits per heavy atom. The number of carbonyl (C=O) groups is 1. The Bertz CT molecular complexity index is 994. The number of thiazole rings is 1. The van der Waals surface area contributed by atoms with Crippen molar-refractivity contribution in [3.05, 3.63) is 45.0 Å². The summed E-state index contributed by atoms with van der Waals surface area (Å²) in [5.41, 5.74) is 1.68. The summed E-state index contributed by atoms with van der Waals surface area (Å²) in [6.45, 7) is 10.3. The molecule has 0 bridgehead atoms. The SMILES string of the molecule is CC1CCN(c2ccc(C(=O)Nc3nc(CN4C[C@@H](C)O[C@@H](C)C4)cs3)cc2[N+](=O)[O-])CC1. The normalized spacial score (nSPS) is 22.3. The number of amides is 1. The molecule has 2 fully saturated rings. The number of morpholine rings is 1. The van der Waals surface area contributed by atoms with Crippen molar-refractivity contribution < 1.29 is 14.5 Å². The lowest BCUT2D eigenvalue weighted by Gasteiger charge is -2.34. The Labute approximate surface area is 197 Å². The van der Waals surface area contributed by atoms with Crippen molar-refractivity contribution in [1.82, 2.24) is 9.88 Å². The zero-order valence-electron chi connectivity index (χ0n) is 19.3. The molecule has 2 saturated heterocycles. The predicted octanol–water partition coefficient (Wildman–Crippen LogP) is 4.15. The van der Waals surface area contributed by atoms with E-state index in [9.17, 15) is 14.9 Å². The van der Waals surface area contributed by atoms with Crippen LogP contribution in [-0.2, 0) is 11.3 Å². The number of ether oxygens (including phenoxy) is 1. The van der Waals surface area contributed by atoms with Crippen molar-refractivity contribution in [2.24, 2.45) is 5.92 Å². The first-order valence-electron chi connectivity index (χ1n) is 11.5. The van der Waals surface area contributed by atoms with Crippen LogP contribution in [0.5, 0.6) is 0 Å². The van der Waals surface area contributed by atoms with E-state index >= 15 is 0 Å². The van der Waals surface area contributed by atoms with Gasteiger partial charge in [-0.25, -0.2) is 4.98 Å². The van der Waals surface area contributed by atoms with Crippen LogP contribution in [0.25, 0.3) is 0 Å². The molecular weight excluding hydrogens is 442 g/mol. The number of carbonyl (C=O) groups excluding carboxylic acids is 1. The average molecular weight is 474 g/mol. The number of aromatic nitrogens is 1. The highest BCUT2D eigenvalue weighted by molar-refractivity contribution is 7.14. The first-order chi connectivity index (χ1) is 15.8. The molecule has 0 unspecified atom stereocenters. The highest BCUT2D eigenvalue weighted by Crippen LogP contribution is 2.32. The fourth-order valence-corrected chi connectivity index (χ4v) is 5.27. The second-order valence-corrected chi connectivity index (χ2v) is 10.0. The minimum absolute atomic E-state index is 0.0346. The van der Waals surface area contributed by atoms with Gasteiger partial charge in [0.25, 0.3) is 11.6 Å². The van der Waals surface area contributed by atoms with Crippen molar-refractivity contribution in [2.75, 3.05) is 36.4 Å². The Morgan fingerprint density at radius 1 is 1.24 bits per heavy atom. The van der Waals surface area contributed by atoms with E-state index in [4.69, 9.17) is 4.74 Å². The lowest BCUT2D eigenvalue weighted by molar-refractivity contribution is -0.384.